The number of pyridine rings is 1. The van der Waals surface area contributed by atoms with Gasteiger partial charge in [0, 0.05) is 11.6 Å². The Hall–Kier alpha value is -1.97. The van der Waals surface area contributed by atoms with Crippen molar-refractivity contribution in [2.24, 2.45) is 0 Å². The van der Waals surface area contributed by atoms with Crippen LogP contribution in [0.5, 0.6) is 0 Å². The summed E-state index contributed by atoms with van der Waals surface area (Å²) in [7, 11) is 0. The Labute approximate surface area is 115 Å². The van der Waals surface area contributed by atoms with Gasteiger partial charge in [-0.25, -0.2) is 9.97 Å². The second-order valence-electron chi connectivity index (χ2n) is 4.39. The highest BCUT2D eigenvalue weighted by Gasteiger charge is 2.18. The molecular formula is C13H13N5S. The largest absolute Gasteiger partial charge is 0.316 e. The van der Waals surface area contributed by atoms with E-state index in [0.717, 1.165) is 23.8 Å². The van der Waals surface area contributed by atoms with E-state index >= 15 is 0 Å². The minimum Gasteiger partial charge on any atom is -0.316 e. The standard InChI is InChI=1S/C13H13N5S/c14-7-9-3-5-16-12(6-9)18-13-17-11(8-19-13)10-2-1-4-15-10/h3,5-6,8,10,15H,1-2,4H2,(H,16,17,18). The van der Waals surface area contributed by atoms with Crippen LogP contribution < -0.4 is 10.6 Å². The van der Waals surface area contributed by atoms with Crippen LogP contribution in [-0.4, -0.2) is 16.5 Å². The van der Waals surface area contributed by atoms with E-state index in [9.17, 15) is 0 Å². The molecule has 2 N–H and O–H groups in total. The first-order valence-corrected chi connectivity index (χ1v) is 7.05. The molecule has 0 spiro atoms. The number of nitriles is 1. The van der Waals surface area contributed by atoms with Crippen LogP contribution >= 0.6 is 11.3 Å². The maximum atomic E-state index is 8.85. The highest BCUT2D eigenvalue weighted by Crippen LogP contribution is 2.27. The molecule has 96 valence electrons. The number of rotatable bonds is 3. The summed E-state index contributed by atoms with van der Waals surface area (Å²) in [6, 6.07) is 5.87. The van der Waals surface area contributed by atoms with Crippen molar-refractivity contribution in [1.82, 2.24) is 15.3 Å². The predicted octanol–water partition coefficient (Wildman–Crippen LogP) is 2.58. The maximum absolute atomic E-state index is 8.85. The molecule has 0 bridgehead atoms. The quantitative estimate of drug-likeness (QED) is 0.897. The third-order valence-electron chi connectivity index (χ3n) is 3.06. The minimum atomic E-state index is 0.380. The summed E-state index contributed by atoms with van der Waals surface area (Å²) in [5, 5.41) is 18.3. The zero-order valence-corrected chi connectivity index (χ0v) is 11.1. The van der Waals surface area contributed by atoms with Crippen LogP contribution in [0.4, 0.5) is 10.9 Å². The Morgan fingerprint density at radius 1 is 1.53 bits per heavy atom. The fourth-order valence-corrected chi connectivity index (χ4v) is 2.89. The number of aromatic nitrogens is 2. The predicted molar refractivity (Wildman–Crippen MR) is 74.3 cm³/mol. The smallest absolute Gasteiger partial charge is 0.188 e. The molecule has 0 aromatic carbocycles. The number of nitrogens with one attached hydrogen (secondary N) is 2. The molecule has 0 aliphatic carbocycles. The molecule has 2 aromatic heterocycles. The summed E-state index contributed by atoms with van der Waals surface area (Å²) in [5.74, 6) is 0.652. The van der Waals surface area contributed by atoms with Crippen molar-refractivity contribution in [1.29, 1.82) is 5.26 Å². The Balaban J connectivity index is 1.74. The van der Waals surface area contributed by atoms with Crippen LogP contribution in [-0.2, 0) is 0 Å². The molecule has 1 fully saturated rings. The molecule has 1 saturated heterocycles. The first kappa shape index (κ1) is 12.1. The molecule has 6 heteroatoms. The number of thiazole rings is 1. The number of anilines is 2. The molecule has 1 unspecified atom stereocenters. The van der Waals surface area contributed by atoms with Crippen LogP contribution in [0.2, 0.25) is 0 Å². The van der Waals surface area contributed by atoms with Crippen LogP contribution in [0.3, 0.4) is 0 Å². The minimum absolute atomic E-state index is 0.380. The van der Waals surface area contributed by atoms with E-state index in [-0.39, 0.29) is 0 Å². The summed E-state index contributed by atoms with van der Waals surface area (Å²) >= 11 is 1.56. The van der Waals surface area contributed by atoms with Gasteiger partial charge in [-0.1, -0.05) is 0 Å². The van der Waals surface area contributed by atoms with Crippen LogP contribution in [0.15, 0.2) is 23.7 Å². The first-order chi connectivity index (χ1) is 9.35. The molecule has 0 saturated carbocycles. The molecular weight excluding hydrogens is 258 g/mol. The molecule has 2 aromatic rings. The van der Waals surface area contributed by atoms with Crippen molar-refractivity contribution >= 4 is 22.3 Å². The van der Waals surface area contributed by atoms with Gasteiger partial charge in [-0.15, -0.1) is 11.3 Å². The molecule has 0 radical (unpaired) electrons. The Morgan fingerprint density at radius 2 is 2.47 bits per heavy atom. The number of hydrogen-bond acceptors (Lipinski definition) is 6. The second kappa shape index (κ2) is 5.34. The van der Waals surface area contributed by atoms with Crippen LogP contribution in [0.1, 0.15) is 30.1 Å². The van der Waals surface area contributed by atoms with E-state index in [2.05, 4.69) is 32.1 Å². The van der Waals surface area contributed by atoms with Crippen molar-refractivity contribution in [2.75, 3.05) is 11.9 Å². The summed E-state index contributed by atoms with van der Waals surface area (Å²) in [6.07, 6.45) is 3.97. The molecule has 19 heavy (non-hydrogen) atoms. The lowest BCUT2D eigenvalue weighted by Crippen LogP contribution is -2.13. The van der Waals surface area contributed by atoms with E-state index in [1.54, 1.807) is 29.7 Å². The van der Waals surface area contributed by atoms with Crippen LogP contribution in [0, 0.1) is 11.3 Å². The molecule has 0 amide bonds. The van der Waals surface area contributed by atoms with Crippen molar-refractivity contribution < 1.29 is 0 Å². The van der Waals surface area contributed by atoms with Gasteiger partial charge in [0.25, 0.3) is 0 Å². The number of nitrogens with zero attached hydrogens (tertiary/aromatic N) is 3. The molecule has 3 heterocycles. The van der Waals surface area contributed by atoms with Crippen molar-refractivity contribution in [3.05, 3.63) is 35.0 Å². The van der Waals surface area contributed by atoms with Gasteiger partial charge < -0.3 is 10.6 Å². The summed E-state index contributed by atoms with van der Waals surface area (Å²) in [6.45, 7) is 1.07. The third kappa shape index (κ3) is 2.72. The zero-order chi connectivity index (χ0) is 13.1. The van der Waals surface area contributed by atoms with Crippen molar-refractivity contribution in [3.8, 4) is 6.07 Å². The lowest BCUT2D eigenvalue weighted by Gasteiger charge is -2.05. The van der Waals surface area contributed by atoms with E-state index in [1.807, 2.05) is 0 Å². The summed E-state index contributed by atoms with van der Waals surface area (Å²) in [4.78, 5) is 8.74. The molecule has 1 aliphatic heterocycles. The first-order valence-electron chi connectivity index (χ1n) is 6.17. The Bertz CT molecular complexity index is 609. The Morgan fingerprint density at radius 3 is 3.26 bits per heavy atom. The van der Waals surface area contributed by atoms with Gasteiger partial charge in [-0.2, -0.15) is 5.26 Å². The lowest BCUT2D eigenvalue weighted by molar-refractivity contribution is 0.632. The maximum Gasteiger partial charge on any atom is 0.188 e. The lowest BCUT2D eigenvalue weighted by atomic mass is 10.2. The molecule has 5 nitrogen and oxygen atoms in total. The Kier molecular flexibility index (Phi) is 3.40. The summed E-state index contributed by atoms with van der Waals surface area (Å²) in [5.41, 5.74) is 1.67. The topological polar surface area (TPSA) is 73.6 Å². The van der Waals surface area contributed by atoms with Gasteiger partial charge in [0.15, 0.2) is 5.13 Å². The molecule has 1 atom stereocenters. The average Bonchev–Trinajstić information content (AvgIpc) is 3.09. The second-order valence-corrected chi connectivity index (χ2v) is 5.25. The normalized spacial score (nSPS) is 18.2. The van der Waals surface area contributed by atoms with Gasteiger partial charge in [-0.3, -0.25) is 0 Å². The van der Waals surface area contributed by atoms with Gasteiger partial charge in [0.05, 0.1) is 23.4 Å². The monoisotopic (exact) mass is 271 g/mol. The third-order valence-corrected chi connectivity index (χ3v) is 3.84. The van der Waals surface area contributed by atoms with E-state index in [1.165, 1.54) is 6.42 Å². The highest BCUT2D eigenvalue weighted by atomic mass is 32.1. The summed E-state index contributed by atoms with van der Waals surface area (Å²) < 4.78 is 0. The van der Waals surface area contributed by atoms with Crippen molar-refractivity contribution in [2.45, 2.75) is 18.9 Å². The van der Waals surface area contributed by atoms with Gasteiger partial charge >= 0.3 is 0 Å². The van der Waals surface area contributed by atoms with E-state index in [4.69, 9.17) is 5.26 Å². The average molecular weight is 271 g/mol. The fraction of sp³-hybridized carbons (Fsp3) is 0.308. The van der Waals surface area contributed by atoms with E-state index < -0.39 is 0 Å². The molecule has 3 rings (SSSR count). The van der Waals surface area contributed by atoms with Gasteiger partial charge in [0.2, 0.25) is 0 Å². The van der Waals surface area contributed by atoms with Gasteiger partial charge in [-0.05, 0) is 31.5 Å². The SMILES string of the molecule is N#Cc1ccnc(Nc2nc(C3CCCN3)cs2)c1. The zero-order valence-electron chi connectivity index (χ0n) is 10.3. The van der Waals surface area contributed by atoms with Crippen LogP contribution in [0.25, 0.3) is 0 Å². The number of hydrogen-bond donors (Lipinski definition) is 2. The molecule has 1 aliphatic rings. The van der Waals surface area contributed by atoms with Crippen molar-refractivity contribution in [3.63, 3.8) is 0 Å². The fourth-order valence-electron chi connectivity index (χ4n) is 2.12. The van der Waals surface area contributed by atoms with E-state index in [0.29, 0.717) is 17.4 Å². The van der Waals surface area contributed by atoms with Gasteiger partial charge in [0.1, 0.15) is 5.82 Å². The highest BCUT2D eigenvalue weighted by molar-refractivity contribution is 7.13.